The van der Waals surface area contributed by atoms with Crippen molar-refractivity contribution in [1.82, 2.24) is 5.43 Å². The number of halogens is 3. The van der Waals surface area contributed by atoms with Crippen molar-refractivity contribution >= 4 is 57.9 Å². The van der Waals surface area contributed by atoms with Crippen molar-refractivity contribution in [1.29, 1.82) is 0 Å². The van der Waals surface area contributed by atoms with Crippen molar-refractivity contribution in [3.05, 3.63) is 61.1 Å². The molecule has 0 bridgehead atoms. The van der Waals surface area contributed by atoms with E-state index in [0.29, 0.717) is 26.9 Å². The lowest BCUT2D eigenvalue weighted by Crippen LogP contribution is -2.17. The third-order valence-corrected chi connectivity index (χ3v) is 4.44. The summed E-state index contributed by atoms with van der Waals surface area (Å²) in [7, 11) is 1.58. The Morgan fingerprint density at radius 3 is 2.77 bits per heavy atom. The van der Waals surface area contributed by atoms with E-state index in [0.717, 1.165) is 3.57 Å². The number of ether oxygens (including phenoxy) is 1. The van der Waals surface area contributed by atoms with Gasteiger partial charge in [-0.3, -0.25) is 4.79 Å². The number of hydrogen-bond donors (Lipinski definition) is 1. The minimum atomic E-state index is -0.324. The van der Waals surface area contributed by atoms with Crippen LogP contribution in [0, 0.1) is 3.57 Å². The predicted octanol–water partition coefficient (Wildman–Crippen LogP) is 4.37. The SMILES string of the molecule is COc1ccc(C(=O)NN=Cc2cccc(Cl)c2Cl)cc1I. The van der Waals surface area contributed by atoms with Gasteiger partial charge in [0, 0.05) is 11.1 Å². The molecule has 0 saturated carbocycles. The van der Waals surface area contributed by atoms with E-state index in [1.165, 1.54) is 6.21 Å². The minimum Gasteiger partial charge on any atom is -0.496 e. The molecule has 0 aliphatic carbocycles. The van der Waals surface area contributed by atoms with Crippen LogP contribution in [0.3, 0.4) is 0 Å². The average Bonchev–Trinajstić information content (AvgIpc) is 2.51. The summed E-state index contributed by atoms with van der Waals surface area (Å²) in [5.41, 5.74) is 3.55. The van der Waals surface area contributed by atoms with Crippen LogP contribution in [0.2, 0.25) is 10.0 Å². The third-order valence-electron chi connectivity index (χ3n) is 2.77. The zero-order chi connectivity index (χ0) is 16.1. The number of nitrogens with zero attached hydrogens (tertiary/aromatic N) is 1. The highest BCUT2D eigenvalue weighted by Crippen LogP contribution is 2.24. The summed E-state index contributed by atoms with van der Waals surface area (Å²) >= 11 is 14.0. The number of amides is 1. The van der Waals surface area contributed by atoms with Crippen LogP contribution in [0.5, 0.6) is 5.75 Å². The molecule has 2 rings (SSSR count). The van der Waals surface area contributed by atoms with Crippen LogP contribution in [0.25, 0.3) is 0 Å². The van der Waals surface area contributed by atoms with Crippen LogP contribution in [0.1, 0.15) is 15.9 Å². The number of benzene rings is 2. The molecule has 0 radical (unpaired) electrons. The van der Waals surface area contributed by atoms with Crippen LogP contribution in [0.4, 0.5) is 0 Å². The smallest absolute Gasteiger partial charge is 0.271 e. The summed E-state index contributed by atoms with van der Waals surface area (Å²) in [6.07, 6.45) is 1.45. The molecule has 2 aromatic carbocycles. The number of methoxy groups -OCH3 is 1. The first-order valence-corrected chi connectivity index (χ1v) is 7.97. The number of nitrogens with one attached hydrogen (secondary N) is 1. The Balaban J connectivity index is 2.08. The summed E-state index contributed by atoms with van der Waals surface area (Å²) in [6.45, 7) is 0. The number of hydrogen-bond acceptors (Lipinski definition) is 3. The molecule has 0 heterocycles. The molecule has 0 spiro atoms. The van der Waals surface area contributed by atoms with Crippen molar-refractivity contribution in [2.45, 2.75) is 0 Å². The molecule has 22 heavy (non-hydrogen) atoms. The topological polar surface area (TPSA) is 50.7 Å². The van der Waals surface area contributed by atoms with Crippen molar-refractivity contribution in [2.24, 2.45) is 5.10 Å². The van der Waals surface area contributed by atoms with Crippen LogP contribution in [0.15, 0.2) is 41.5 Å². The molecule has 0 saturated heterocycles. The fraction of sp³-hybridized carbons (Fsp3) is 0.0667. The van der Waals surface area contributed by atoms with E-state index in [2.05, 4.69) is 33.1 Å². The lowest BCUT2D eigenvalue weighted by atomic mass is 10.2. The molecule has 0 atom stereocenters. The first kappa shape index (κ1) is 17.1. The maximum Gasteiger partial charge on any atom is 0.271 e. The molecule has 114 valence electrons. The molecule has 0 aromatic heterocycles. The van der Waals surface area contributed by atoms with Gasteiger partial charge in [0.15, 0.2) is 0 Å². The quantitative estimate of drug-likeness (QED) is 0.429. The average molecular weight is 449 g/mol. The maximum atomic E-state index is 12.0. The highest BCUT2D eigenvalue weighted by atomic mass is 127. The summed E-state index contributed by atoms with van der Waals surface area (Å²) in [4.78, 5) is 12.0. The number of hydrazone groups is 1. The van der Waals surface area contributed by atoms with Gasteiger partial charge in [0.25, 0.3) is 5.91 Å². The number of carbonyl (C=O) groups is 1. The Bertz CT molecular complexity index is 735. The van der Waals surface area contributed by atoms with Crippen LogP contribution in [-0.2, 0) is 0 Å². The molecule has 1 N–H and O–H groups in total. The van der Waals surface area contributed by atoms with Crippen molar-refractivity contribution in [2.75, 3.05) is 7.11 Å². The third kappa shape index (κ3) is 4.12. The lowest BCUT2D eigenvalue weighted by molar-refractivity contribution is 0.0955. The van der Waals surface area contributed by atoms with Gasteiger partial charge < -0.3 is 4.74 Å². The Kier molecular flexibility index (Phi) is 6.05. The molecule has 0 unspecified atom stereocenters. The van der Waals surface area contributed by atoms with Gasteiger partial charge in [0.2, 0.25) is 0 Å². The lowest BCUT2D eigenvalue weighted by Gasteiger charge is -2.05. The van der Waals surface area contributed by atoms with E-state index < -0.39 is 0 Å². The maximum absolute atomic E-state index is 12.0. The second-order valence-corrected chi connectivity index (χ2v) is 6.14. The van der Waals surface area contributed by atoms with E-state index in [-0.39, 0.29) is 5.91 Å². The summed E-state index contributed by atoms with van der Waals surface area (Å²) in [5, 5.41) is 4.71. The molecular weight excluding hydrogens is 438 g/mol. The van der Waals surface area contributed by atoms with Gasteiger partial charge in [0.05, 0.1) is 26.9 Å². The number of carbonyl (C=O) groups excluding carboxylic acids is 1. The largest absolute Gasteiger partial charge is 0.496 e. The normalized spacial score (nSPS) is 10.7. The van der Waals surface area contributed by atoms with E-state index in [1.807, 2.05) is 0 Å². The second kappa shape index (κ2) is 7.80. The Morgan fingerprint density at radius 1 is 1.32 bits per heavy atom. The standard InChI is InChI=1S/C15H11Cl2IN2O2/c1-22-13-6-5-9(7-12(13)18)15(21)20-19-8-10-3-2-4-11(16)14(10)17/h2-8H,1H3,(H,20,21). The Hall–Kier alpha value is -1.31. The summed E-state index contributed by atoms with van der Waals surface area (Å²) in [5.74, 6) is 0.390. The van der Waals surface area contributed by atoms with Crippen molar-refractivity contribution < 1.29 is 9.53 Å². The molecule has 0 aliphatic rings. The van der Waals surface area contributed by atoms with E-state index in [4.69, 9.17) is 27.9 Å². The minimum absolute atomic E-state index is 0.324. The first-order valence-electron chi connectivity index (χ1n) is 6.14. The summed E-state index contributed by atoms with van der Waals surface area (Å²) in [6, 6.07) is 10.3. The van der Waals surface area contributed by atoms with Gasteiger partial charge in [-0.25, -0.2) is 5.43 Å². The van der Waals surface area contributed by atoms with E-state index in [9.17, 15) is 4.79 Å². The molecular formula is C15H11Cl2IN2O2. The van der Waals surface area contributed by atoms with Gasteiger partial charge in [-0.15, -0.1) is 0 Å². The molecule has 4 nitrogen and oxygen atoms in total. The molecule has 2 aromatic rings. The van der Waals surface area contributed by atoms with Crippen molar-refractivity contribution in [3.63, 3.8) is 0 Å². The van der Waals surface area contributed by atoms with Gasteiger partial charge in [-0.05, 0) is 46.9 Å². The highest BCUT2D eigenvalue weighted by molar-refractivity contribution is 14.1. The molecule has 1 amide bonds. The fourth-order valence-electron chi connectivity index (χ4n) is 1.65. The predicted molar refractivity (Wildman–Crippen MR) is 97.2 cm³/mol. The highest BCUT2D eigenvalue weighted by Gasteiger charge is 2.08. The van der Waals surface area contributed by atoms with Gasteiger partial charge in [0.1, 0.15) is 5.75 Å². The molecule has 0 aliphatic heterocycles. The van der Waals surface area contributed by atoms with Gasteiger partial charge in [-0.2, -0.15) is 5.10 Å². The second-order valence-electron chi connectivity index (χ2n) is 4.19. The number of rotatable bonds is 4. The summed E-state index contributed by atoms with van der Waals surface area (Å²) < 4.78 is 5.99. The fourth-order valence-corrected chi connectivity index (χ4v) is 2.74. The van der Waals surface area contributed by atoms with Crippen molar-refractivity contribution in [3.8, 4) is 5.75 Å². The van der Waals surface area contributed by atoms with E-state index in [1.54, 1.807) is 43.5 Å². The molecule has 7 heteroatoms. The van der Waals surface area contributed by atoms with Gasteiger partial charge in [-0.1, -0.05) is 35.3 Å². The zero-order valence-corrected chi connectivity index (χ0v) is 15.1. The van der Waals surface area contributed by atoms with Crippen LogP contribution in [-0.4, -0.2) is 19.2 Å². The van der Waals surface area contributed by atoms with Gasteiger partial charge >= 0.3 is 0 Å². The molecule has 0 fully saturated rings. The van der Waals surface area contributed by atoms with Crippen LogP contribution >= 0.6 is 45.8 Å². The van der Waals surface area contributed by atoms with Crippen LogP contribution < -0.4 is 10.2 Å². The monoisotopic (exact) mass is 448 g/mol. The Morgan fingerprint density at radius 2 is 2.09 bits per heavy atom. The zero-order valence-electron chi connectivity index (χ0n) is 11.4. The van der Waals surface area contributed by atoms with E-state index >= 15 is 0 Å². The Labute approximate surface area is 151 Å². The first-order chi connectivity index (χ1) is 10.5.